The molecule has 8 nitrogen and oxygen atoms in total. The standard InChI is InChI=1S/C25H22FN5O3/c1-2-22(32)29-15-12-16(13-15)30-21-10-11-28-24(27)23(21)31(25(30)33)20-9-8-18(14-19(20)26)34-17-6-4-3-5-7-17/h2-11,14-16H,1,12-13H2,(H2,27,28)(H,29,32)/t15-,16+. The maximum Gasteiger partial charge on any atom is 0.334 e. The highest BCUT2D eigenvalue weighted by Crippen LogP contribution is 2.35. The van der Waals surface area contributed by atoms with Crippen LogP contribution in [0.1, 0.15) is 18.9 Å². The molecule has 1 fully saturated rings. The number of nitrogens with one attached hydrogen (secondary N) is 1. The molecule has 0 atom stereocenters. The summed E-state index contributed by atoms with van der Waals surface area (Å²) in [6.07, 6.45) is 3.85. The maximum atomic E-state index is 15.3. The molecule has 0 radical (unpaired) electrons. The summed E-state index contributed by atoms with van der Waals surface area (Å²) in [5, 5.41) is 2.83. The molecule has 0 aliphatic heterocycles. The Bertz CT molecular complexity index is 1450. The highest BCUT2D eigenvalue weighted by Gasteiger charge is 2.35. The van der Waals surface area contributed by atoms with Crippen LogP contribution < -0.4 is 21.5 Å². The fraction of sp³-hybridized carbons (Fsp3) is 0.160. The molecule has 1 amide bonds. The third-order valence-corrected chi connectivity index (χ3v) is 5.96. The summed E-state index contributed by atoms with van der Waals surface area (Å²) < 4.78 is 23.8. The number of nitrogens with two attached hydrogens (primary N) is 1. The van der Waals surface area contributed by atoms with Crippen LogP contribution in [-0.2, 0) is 4.79 Å². The van der Waals surface area contributed by atoms with Gasteiger partial charge in [-0.05, 0) is 49.2 Å². The van der Waals surface area contributed by atoms with Crippen LogP contribution >= 0.6 is 0 Å². The molecular formula is C25H22FN5O3. The third kappa shape index (κ3) is 3.71. The van der Waals surface area contributed by atoms with Crippen LogP contribution in [0.15, 0.2) is 78.2 Å². The first-order valence-corrected chi connectivity index (χ1v) is 10.8. The highest BCUT2D eigenvalue weighted by atomic mass is 19.1. The third-order valence-electron chi connectivity index (χ3n) is 5.96. The Kier molecular flexibility index (Phi) is 5.37. The lowest BCUT2D eigenvalue weighted by molar-refractivity contribution is -0.117. The van der Waals surface area contributed by atoms with E-state index >= 15 is 4.39 Å². The highest BCUT2D eigenvalue weighted by molar-refractivity contribution is 5.88. The predicted octanol–water partition coefficient (Wildman–Crippen LogP) is 3.71. The van der Waals surface area contributed by atoms with Gasteiger partial charge in [-0.25, -0.2) is 14.2 Å². The summed E-state index contributed by atoms with van der Waals surface area (Å²) in [6.45, 7) is 3.45. The molecule has 0 saturated heterocycles. The van der Waals surface area contributed by atoms with Crippen LogP contribution in [0.5, 0.6) is 11.5 Å². The first-order chi connectivity index (χ1) is 16.5. The molecule has 2 heterocycles. The Balaban J connectivity index is 1.53. The number of ether oxygens (including phenoxy) is 1. The molecule has 0 bridgehead atoms. The summed E-state index contributed by atoms with van der Waals surface area (Å²) in [6, 6.07) is 14.8. The quantitative estimate of drug-likeness (QED) is 0.428. The number of fused-ring (bicyclic) bond motifs is 1. The number of pyridine rings is 1. The molecule has 9 heteroatoms. The van der Waals surface area contributed by atoms with Crippen molar-refractivity contribution in [3.05, 3.63) is 89.8 Å². The molecular weight excluding hydrogens is 437 g/mol. The number of amides is 1. The number of hydrogen-bond acceptors (Lipinski definition) is 5. The van der Waals surface area contributed by atoms with Crippen LogP contribution in [0.3, 0.4) is 0 Å². The van der Waals surface area contributed by atoms with E-state index in [4.69, 9.17) is 10.5 Å². The van der Waals surface area contributed by atoms with E-state index in [1.165, 1.54) is 29.0 Å². The van der Waals surface area contributed by atoms with Crippen molar-refractivity contribution in [2.75, 3.05) is 5.73 Å². The van der Waals surface area contributed by atoms with E-state index in [9.17, 15) is 9.59 Å². The number of imidazole rings is 1. The van der Waals surface area contributed by atoms with E-state index in [2.05, 4.69) is 16.9 Å². The number of rotatable bonds is 6. The van der Waals surface area contributed by atoms with Crippen molar-refractivity contribution in [1.82, 2.24) is 19.4 Å². The van der Waals surface area contributed by atoms with E-state index < -0.39 is 11.5 Å². The van der Waals surface area contributed by atoms with E-state index in [1.54, 1.807) is 28.8 Å². The number of nitrogens with zero attached hydrogens (tertiary/aromatic N) is 3. The van der Waals surface area contributed by atoms with Gasteiger partial charge in [-0.1, -0.05) is 24.8 Å². The Morgan fingerprint density at radius 1 is 1.18 bits per heavy atom. The maximum absolute atomic E-state index is 15.3. The Morgan fingerprint density at radius 2 is 1.94 bits per heavy atom. The number of para-hydroxylation sites is 1. The predicted molar refractivity (Wildman–Crippen MR) is 127 cm³/mol. The van der Waals surface area contributed by atoms with Crippen molar-refractivity contribution in [3.8, 4) is 17.2 Å². The smallest absolute Gasteiger partial charge is 0.334 e. The first-order valence-electron chi connectivity index (χ1n) is 10.8. The molecule has 2 aromatic heterocycles. The number of hydrogen-bond donors (Lipinski definition) is 2. The van der Waals surface area contributed by atoms with Crippen LogP contribution in [-0.4, -0.2) is 26.1 Å². The molecule has 1 aliphatic carbocycles. The number of anilines is 1. The van der Waals surface area contributed by atoms with Crippen molar-refractivity contribution in [1.29, 1.82) is 0 Å². The second-order valence-corrected chi connectivity index (χ2v) is 8.12. The molecule has 34 heavy (non-hydrogen) atoms. The summed E-state index contributed by atoms with van der Waals surface area (Å²) >= 11 is 0. The van der Waals surface area contributed by atoms with Crippen LogP contribution in [0, 0.1) is 5.82 Å². The number of aromatic nitrogens is 3. The molecule has 1 aliphatic rings. The minimum atomic E-state index is -0.637. The average molecular weight is 459 g/mol. The molecule has 0 unspecified atom stereocenters. The zero-order valence-corrected chi connectivity index (χ0v) is 18.1. The lowest BCUT2D eigenvalue weighted by Crippen LogP contribution is -2.46. The van der Waals surface area contributed by atoms with Crippen LogP contribution in [0.25, 0.3) is 16.7 Å². The van der Waals surface area contributed by atoms with Gasteiger partial charge in [-0.15, -0.1) is 0 Å². The van der Waals surface area contributed by atoms with Crippen molar-refractivity contribution in [3.63, 3.8) is 0 Å². The topological polar surface area (TPSA) is 104 Å². The van der Waals surface area contributed by atoms with Gasteiger partial charge in [-0.3, -0.25) is 13.9 Å². The number of carbonyl (C=O) groups excluding carboxylic acids is 1. The molecule has 1 saturated carbocycles. The molecule has 0 spiro atoms. The van der Waals surface area contributed by atoms with Crippen molar-refractivity contribution in [2.45, 2.75) is 24.9 Å². The monoisotopic (exact) mass is 459 g/mol. The van der Waals surface area contributed by atoms with Crippen LogP contribution in [0.4, 0.5) is 10.2 Å². The number of halogens is 1. The Morgan fingerprint density at radius 3 is 2.65 bits per heavy atom. The van der Waals surface area contributed by atoms with Crippen molar-refractivity contribution >= 4 is 22.8 Å². The van der Waals surface area contributed by atoms with Gasteiger partial charge >= 0.3 is 5.69 Å². The van der Waals surface area contributed by atoms with Crippen LogP contribution in [0.2, 0.25) is 0 Å². The van der Waals surface area contributed by atoms with Crippen molar-refractivity contribution < 1.29 is 13.9 Å². The molecule has 4 aromatic rings. The van der Waals surface area contributed by atoms with Gasteiger partial charge < -0.3 is 15.8 Å². The van der Waals surface area contributed by atoms with E-state index in [0.717, 1.165) is 0 Å². The number of carbonyl (C=O) groups is 1. The van der Waals surface area contributed by atoms with Gasteiger partial charge in [0.2, 0.25) is 5.91 Å². The van der Waals surface area contributed by atoms with E-state index in [0.29, 0.717) is 35.4 Å². The molecule has 2 aromatic carbocycles. The van der Waals surface area contributed by atoms with E-state index in [-0.39, 0.29) is 29.5 Å². The van der Waals surface area contributed by atoms with Gasteiger partial charge in [0.25, 0.3) is 0 Å². The fourth-order valence-electron chi connectivity index (χ4n) is 4.30. The first kappa shape index (κ1) is 21.4. The minimum Gasteiger partial charge on any atom is -0.457 e. The number of benzene rings is 2. The normalized spacial score (nSPS) is 17.2. The minimum absolute atomic E-state index is 0.0460. The van der Waals surface area contributed by atoms with Gasteiger partial charge in [0.1, 0.15) is 22.8 Å². The summed E-state index contributed by atoms with van der Waals surface area (Å²) in [5.41, 5.74) is 6.64. The summed E-state index contributed by atoms with van der Waals surface area (Å²) in [5.74, 6) is 0.0948. The zero-order chi connectivity index (χ0) is 23.8. The summed E-state index contributed by atoms with van der Waals surface area (Å²) in [4.78, 5) is 29.2. The zero-order valence-electron chi connectivity index (χ0n) is 18.1. The van der Waals surface area contributed by atoms with Gasteiger partial charge in [0.05, 0.1) is 11.2 Å². The SMILES string of the molecule is C=CC(=O)N[C@H]1C[C@@H](n2c(=O)n(-c3ccc(Oc4ccccc4)cc3F)c3c(N)nccc32)C1. The Hall–Kier alpha value is -4.40. The molecule has 172 valence electrons. The van der Waals surface area contributed by atoms with Gasteiger partial charge in [0, 0.05) is 24.3 Å². The van der Waals surface area contributed by atoms with Gasteiger partial charge in [0.15, 0.2) is 5.82 Å². The second-order valence-electron chi connectivity index (χ2n) is 8.12. The summed E-state index contributed by atoms with van der Waals surface area (Å²) in [7, 11) is 0. The number of nitrogen functional groups attached to an aromatic ring is 1. The second kappa shape index (κ2) is 8.51. The van der Waals surface area contributed by atoms with Gasteiger partial charge in [-0.2, -0.15) is 0 Å². The van der Waals surface area contributed by atoms with Crippen molar-refractivity contribution in [2.24, 2.45) is 0 Å². The lowest BCUT2D eigenvalue weighted by atomic mass is 9.86. The van der Waals surface area contributed by atoms with E-state index in [1.807, 2.05) is 18.2 Å². The average Bonchev–Trinajstić information content (AvgIpc) is 3.09. The Labute approximate surface area is 194 Å². The lowest BCUT2D eigenvalue weighted by Gasteiger charge is -2.36. The molecule has 5 rings (SSSR count). The molecule has 3 N–H and O–H groups in total. The fourth-order valence-corrected chi connectivity index (χ4v) is 4.30. The largest absolute Gasteiger partial charge is 0.457 e.